The molecule has 1 fully saturated rings. The Bertz CT molecular complexity index is 562. The smallest absolute Gasteiger partial charge is 0.281 e. The normalized spacial score (nSPS) is 20.7. The molecule has 6 nitrogen and oxygen atoms in total. The Morgan fingerprint density at radius 1 is 1.32 bits per heavy atom. The number of aromatic nitrogens is 1. The summed E-state index contributed by atoms with van der Waals surface area (Å²) in [4.78, 5) is 6.40. The van der Waals surface area contributed by atoms with Crippen LogP contribution < -0.4 is 0 Å². The maximum absolute atomic E-state index is 12.3. The van der Waals surface area contributed by atoms with Crippen LogP contribution in [-0.4, -0.2) is 66.7 Å². The van der Waals surface area contributed by atoms with Crippen molar-refractivity contribution in [3.05, 3.63) is 30.1 Å². The van der Waals surface area contributed by atoms with Gasteiger partial charge in [0.2, 0.25) is 0 Å². The third-order valence-electron chi connectivity index (χ3n) is 4.20. The highest BCUT2D eigenvalue weighted by Gasteiger charge is 2.32. The zero-order valence-corrected chi connectivity index (χ0v) is 14.5. The molecule has 1 aromatic rings. The van der Waals surface area contributed by atoms with Gasteiger partial charge in [0, 0.05) is 52.2 Å². The molecule has 0 spiro atoms. The van der Waals surface area contributed by atoms with Crippen LogP contribution >= 0.6 is 0 Å². The van der Waals surface area contributed by atoms with Gasteiger partial charge in [-0.15, -0.1) is 0 Å². The van der Waals surface area contributed by atoms with Crippen molar-refractivity contribution in [2.75, 3.05) is 33.7 Å². The molecule has 124 valence electrons. The van der Waals surface area contributed by atoms with Gasteiger partial charge in [0.25, 0.3) is 10.2 Å². The summed E-state index contributed by atoms with van der Waals surface area (Å²) in [6.07, 6.45) is 5.54. The second kappa shape index (κ2) is 7.50. The zero-order chi connectivity index (χ0) is 16.2. The number of likely N-dealkylation sites (N-methyl/N-ethyl adjacent to an activating group) is 1. The van der Waals surface area contributed by atoms with E-state index in [1.54, 1.807) is 30.8 Å². The highest BCUT2D eigenvalue weighted by Crippen LogP contribution is 2.21. The first kappa shape index (κ1) is 17.3. The first-order valence-corrected chi connectivity index (χ1v) is 9.15. The summed E-state index contributed by atoms with van der Waals surface area (Å²) in [5.74, 6) is 0. The fourth-order valence-corrected chi connectivity index (χ4v) is 4.06. The number of pyridine rings is 1. The minimum atomic E-state index is -3.32. The Hall–Kier alpha value is -1.02. The second-order valence-electron chi connectivity index (χ2n) is 5.86. The van der Waals surface area contributed by atoms with Gasteiger partial charge in [-0.05, 0) is 37.1 Å². The number of piperidine rings is 1. The Balaban J connectivity index is 2.07. The predicted molar refractivity (Wildman–Crippen MR) is 87.5 cm³/mol. The predicted octanol–water partition coefficient (Wildman–Crippen LogP) is 1.17. The van der Waals surface area contributed by atoms with Gasteiger partial charge in [-0.25, -0.2) is 0 Å². The maximum Gasteiger partial charge on any atom is 0.281 e. The molecule has 0 unspecified atom stereocenters. The Labute approximate surface area is 133 Å². The third-order valence-corrected chi connectivity index (χ3v) is 6.11. The molecule has 1 aliphatic rings. The largest absolute Gasteiger partial charge is 0.295 e. The topological polar surface area (TPSA) is 56.8 Å². The lowest BCUT2D eigenvalue weighted by molar-refractivity contribution is 0.131. The molecule has 0 N–H and O–H groups in total. The summed E-state index contributed by atoms with van der Waals surface area (Å²) in [6.45, 7) is 5.05. The summed E-state index contributed by atoms with van der Waals surface area (Å²) >= 11 is 0. The molecule has 0 amide bonds. The Kier molecular flexibility index (Phi) is 5.91. The van der Waals surface area contributed by atoms with E-state index in [4.69, 9.17) is 0 Å². The molecular weight excluding hydrogens is 300 g/mol. The van der Waals surface area contributed by atoms with E-state index in [2.05, 4.69) is 16.8 Å². The van der Waals surface area contributed by atoms with E-state index in [1.807, 2.05) is 12.1 Å². The molecule has 0 saturated carbocycles. The number of hydrogen-bond donors (Lipinski definition) is 0. The van der Waals surface area contributed by atoms with Crippen LogP contribution in [0.1, 0.15) is 25.3 Å². The van der Waals surface area contributed by atoms with Crippen LogP contribution in [0, 0.1) is 0 Å². The summed E-state index contributed by atoms with van der Waals surface area (Å²) in [5.41, 5.74) is 1.21. The molecule has 2 rings (SSSR count). The van der Waals surface area contributed by atoms with E-state index in [9.17, 15) is 8.42 Å². The molecule has 1 saturated heterocycles. The maximum atomic E-state index is 12.3. The van der Waals surface area contributed by atoms with Gasteiger partial charge < -0.3 is 0 Å². The SMILES string of the molecule is CCN(Cc1ccncc1)[C@@H]1CCCN(S(=O)(=O)N(C)C)C1. The molecule has 2 heterocycles. The Morgan fingerprint density at radius 2 is 2.00 bits per heavy atom. The van der Waals surface area contributed by atoms with Gasteiger partial charge in [-0.2, -0.15) is 17.0 Å². The summed E-state index contributed by atoms with van der Waals surface area (Å²) in [6, 6.07) is 4.29. The van der Waals surface area contributed by atoms with Crippen molar-refractivity contribution in [3.63, 3.8) is 0 Å². The highest BCUT2D eigenvalue weighted by molar-refractivity contribution is 7.86. The van der Waals surface area contributed by atoms with Gasteiger partial charge in [0.15, 0.2) is 0 Å². The average molecular weight is 326 g/mol. The van der Waals surface area contributed by atoms with Crippen molar-refractivity contribution in [2.24, 2.45) is 0 Å². The Morgan fingerprint density at radius 3 is 2.59 bits per heavy atom. The second-order valence-corrected chi connectivity index (χ2v) is 8.01. The molecule has 0 aromatic carbocycles. The molecule has 22 heavy (non-hydrogen) atoms. The van der Waals surface area contributed by atoms with Crippen molar-refractivity contribution < 1.29 is 8.42 Å². The molecule has 1 atom stereocenters. The fraction of sp³-hybridized carbons (Fsp3) is 0.667. The van der Waals surface area contributed by atoms with Gasteiger partial charge in [0.1, 0.15) is 0 Å². The van der Waals surface area contributed by atoms with Crippen molar-refractivity contribution in [1.82, 2.24) is 18.5 Å². The molecule has 0 radical (unpaired) electrons. The summed E-state index contributed by atoms with van der Waals surface area (Å²) in [5, 5.41) is 0. The lowest BCUT2D eigenvalue weighted by Gasteiger charge is -2.39. The quantitative estimate of drug-likeness (QED) is 0.787. The van der Waals surface area contributed by atoms with Crippen molar-refractivity contribution in [3.8, 4) is 0 Å². The van der Waals surface area contributed by atoms with Crippen LogP contribution in [0.2, 0.25) is 0 Å². The van der Waals surface area contributed by atoms with E-state index in [1.165, 1.54) is 9.87 Å². The highest BCUT2D eigenvalue weighted by atomic mass is 32.2. The first-order valence-electron chi connectivity index (χ1n) is 7.75. The summed E-state index contributed by atoms with van der Waals surface area (Å²) in [7, 11) is -0.136. The van der Waals surface area contributed by atoms with Crippen molar-refractivity contribution in [2.45, 2.75) is 32.4 Å². The van der Waals surface area contributed by atoms with Crippen molar-refractivity contribution in [1.29, 1.82) is 0 Å². The van der Waals surface area contributed by atoms with Crippen LogP contribution in [0.3, 0.4) is 0 Å². The first-order chi connectivity index (χ1) is 10.4. The van der Waals surface area contributed by atoms with Gasteiger partial charge >= 0.3 is 0 Å². The van der Waals surface area contributed by atoms with Gasteiger partial charge in [-0.3, -0.25) is 9.88 Å². The number of rotatable bonds is 6. The molecular formula is C15H26N4O2S. The minimum Gasteiger partial charge on any atom is -0.295 e. The van der Waals surface area contributed by atoms with E-state index in [0.717, 1.165) is 25.9 Å². The minimum absolute atomic E-state index is 0.265. The zero-order valence-electron chi connectivity index (χ0n) is 13.6. The monoisotopic (exact) mass is 326 g/mol. The van der Waals surface area contributed by atoms with Crippen LogP contribution in [0.4, 0.5) is 0 Å². The van der Waals surface area contributed by atoms with Crippen LogP contribution in [-0.2, 0) is 16.8 Å². The van der Waals surface area contributed by atoms with E-state index >= 15 is 0 Å². The third kappa shape index (κ3) is 4.04. The van der Waals surface area contributed by atoms with Gasteiger partial charge in [0.05, 0.1) is 0 Å². The molecule has 0 aliphatic carbocycles. The lowest BCUT2D eigenvalue weighted by atomic mass is 10.1. The summed E-state index contributed by atoms with van der Waals surface area (Å²) < 4.78 is 27.6. The van der Waals surface area contributed by atoms with Crippen LogP contribution in [0.5, 0.6) is 0 Å². The lowest BCUT2D eigenvalue weighted by Crippen LogP contribution is -2.52. The fourth-order valence-electron chi connectivity index (χ4n) is 2.88. The number of nitrogens with zero attached hydrogens (tertiary/aromatic N) is 4. The average Bonchev–Trinajstić information content (AvgIpc) is 2.53. The standard InChI is InChI=1S/C15H26N4O2S/c1-4-18(12-14-7-9-16-10-8-14)15-6-5-11-19(13-15)22(20,21)17(2)3/h7-10,15H,4-6,11-13H2,1-3H3/t15-/m1/s1. The molecule has 1 aliphatic heterocycles. The molecule has 1 aromatic heterocycles. The van der Waals surface area contributed by atoms with E-state index in [-0.39, 0.29) is 6.04 Å². The van der Waals surface area contributed by atoms with Crippen molar-refractivity contribution >= 4 is 10.2 Å². The van der Waals surface area contributed by atoms with E-state index < -0.39 is 10.2 Å². The molecule has 7 heteroatoms. The van der Waals surface area contributed by atoms with E-state index in [0.29, 0.717) is 13.1 Å². The van der Waals surface area contributed by atoms with Crippen LogP contribution in [0.15, 0.2) is 24.5 Å². The number of hydrogen-bond acceptors (Lipinski definition) is 4. The molecule has 0 bridgehead atoms. The van der Waals surface area contributed by atoms with Gasteiger partial charge in [-0.1, -0.05) is 6.92 Å². The van der Waals surface area contributed by atoms with Crippen LogP contribution in [0.25, 0.3) is 0 Å².